The lowest BCUT2D eigenvalue weighted by Gasteiger charge is -2.06. The highest BCUT2D eigenvalue weighted by molar-refractivity contribution is 7.98. The minimum atomic E-state index is -0.317. The van der Waals surface area contributed by atoms with Crippen molar-refractivity contribution >= 4 is 17.4 Å². The zero-order valence-electron chi connectivity index (χ0n) is 9.89. The molecule has 0 amide bonds. The zero-order valence-corrected chi connectivity index (χ0v) is 10.7. The SMILES string of the molecule is COc1cccc(CSc2ccc(N)cn2)c1F. The molecular formula is C13H13FN2OS. The Kier molecular flexibility index (Phi) is 4.04. The van der Waals surface area contributed by atoms with Gasteiger partial charge in [-0.2, -0.15) is 0 Å². The molecule has 0 atom stereocenters. The summed E-state index contributed by atoms with van der Waals surface area (Å²) in [5, 5.41) is 0.811. The number of pyridine rings is 1. The molecule has 18 heavy (non-hydrogen) atoms. The predicted molar refractivity (Wildman–Crippen MR) is 71.2 cm³/mol. The van der Waals surface area contributed by atoms with Crippen LogP contribution in [-0.2, 0) is 5.75 Å². The van der Waals surface area contributed by atoms with Crippen molar-refractivity contribution in [1.82, 2.24) is 4.98 Å². The molecule has 0 radical (unpaired) electrons. The lowest BCUT2D eigenvalue weighted by Crippen LogP contribution is -1.93. The number of nitrogens with two attached hydrogens (primary N) is 1. The molecule has 1 aromatic heterocycles. The van der Waals surface area contributed by atoms with Gasteiger partial charge in [-0.05, 0) is 18.2 Å². The highest BCUT2D eigenvalue weighted by Gasteiger charge is 2.08. The van der Waals surface area contributed by atoms with Crippen molar-refractivity contribution in [2.45, 2.75) is 10.8 Å². The maximum Gasteiger partial charge on any atom is 0.169 e. The summed E-state index contributed by atoms with van der Waals surface area (Å²) in [4.78, 5) is 4.15. The van der Waals surface area contributed by atoms with Gasteiger partial charge in [0.05, 0.1) is 24.0 Å². The van der Waals surface area contributed by atoms with Crippen LogP contribution in [0.5, 0.6) is 5.75 Å². The van der Waals surface area contributed by atoms with E-state index < -0.39 is 0 Å². The number of thioether (sulfide) groups is 1. The van der Waals surface area contributed by atoms with Gasteiger partial charge in [0.2, 0.25) is 0 Å². The summed E-state index contributed by atoms with van der Waals surface area (Å²) in [6, 6.07) is 8.71. The van der Waals surface area contributed by atoms with E-state index in [0.29, 0.717) is 17.0 Å². The largest absolute Gasteiger partial charge is 0.494 e. The molecule has 0 aliphatic heterocycles. The Morgan fingerprint density at radius 1 is 1.33 bits per heavy atom. The Labute approximate surface area is 109 Å². The standard InChI is InChI=1S/C13H13FN2OS/c1-17-11-4-2-3-9(13(11)14)8-18-12-6-5-10(15)7-16-12/h2-7H,8,15H2,1H3. The normalized spacial score (nSPS) is 10.3. The molecule has 2 rings (SSSR count). The van der Waals surface area contributed by atoms with Crippen LogP contribution < -0.4 is 10.5 Å². The Bertz CT molecular complexity index is 531. The van der Waals surface area contributed by atoms with Crippen molar-refractivity contribution < 1.29 is 9.13 Å². The molecule has 0 bridgehead atoms. The third-order valence-electron chi connectivity index (χ3n) is 2.40. The molecule has 3 nitrogen and oxygen atoms in total. The second kappa shape index (κ2) is 5.73. The summed E-state index contributed by atoms with van der Waals surface area (Å²) in [5.41, 5.74) is 6.76. The van der Waals surface area contributed by atoms with Crippen LogP contribution in [0.15, 0.2) is 41.6 Å². The Morgan fingerprint density at radius 2 is 2.17 bits per heavy atom. The van der Waals surface area contributed by atoms with Crippen LogP contribution >= 0.6 is 11.8 Å². The summed E-state index contributed by atoms with van der Waals surface area (Å²) < 4.78 is 18.8. The number of hydrogen-bond donors (Lipinski definition) is 1. The fourth-order valence-electron chi connectivity index (χ4n) is 1.45. The van der Waals surface area contributed by atoms with E-state index in [1.165, 1.54) is 18.9 Å². The quantitative estimate of drug-likeness (QED) is 0.862. The van der Waals surface area contributed by atoms with E-state index in [1.54, 1.807) is 30.5 Å². The fraction of sp³-hybridized carbons (Fsp3) is 0.154. The van der Waals surface area contributed by atoms with Crippen LogP contribution in [0.3, 0.4) is 0 Å². The Balaban J connectivity index is 2.08. The molecule has 0 saturated heterocycles. The molecule has 0 aliphatic carbocycles. The van der Waals surface area contributed by atoms with Gasteiger partial charge < -0.3 is 10.5 Å². The van der Waals surface area contributed by atoms with Crippen LogP contribution in [0.25, 0.3) is 0 Å². The number of methoxy groups -OCH3 is 1. The zero-order chi connectivity index (χ0) is 13.0. The van der Waals surface area contributed by atoms with Gasteiger partial charge >= 0.3 is 0 Å². The predicted octanol–water partition coefficient (Wildman–Crippen LogP) is 3.10. The van der Waals surface area contributed by atoms with Crippen molar-refractivity contribution in [2.75, 3.05) is 12.8 Å². The maximum absolute atomic E-state index is 13.9. The summed E-state index contributed by atoms with van der Waals surface area (Å²) in [7, 11) is 1.46. The van der Waals surface area contributed by atoms with E-state index >= 15 is 0 Å². The highest BCUT2D eigenvalue weighted by atomic mass is 32.2. The number of nitrogen functional groups attached to an aromatic ring is 1. The third-order valence-corrected chi connectivity index (χ3v) is 3.39. The van der Waals surface area contributed by atoms with Gasteiger partial charge in [0.1, 0.15) is 0 Å². The lowest BCUT2D eigenvalue weighted by molar-refractivity contribution is 0.385. The third kappa shape index (κ3) is 2.92. The van der Waals surface area contributed by atoms with Crippen LogP contribution in [0.2, 0.25) is 0 Å². The minimum absolute atomic E-state index is 0.262. The summed E-state index contributed by atoms with van der Waals surface area (Å²) >= 11 is 1.45. The van der Waals surface area contributed by atoms with Crippen LogP contribution in [-0.4, -0.2) is 12.1 Å². The molecule has 0 saturated carbocycles. The van der Waals surface area contributed by atoms with Gasteiger partial charge in [-0.1, -0.05) is 12.1 Å². The van der Waals surface area contributed by atoms with Crippen molar-refractivity contribution in [3.05, 3.63) is 47.9 Å². The Morgan fingerprint density at radius 3 is 2.83 bits per heavy atom. The second-order valence-corrected chi connectivity index (χ2v) is 4.65. The summed E-state index contributed by atoms with van der Waals surface area (Å²) in [6.07, 6.45) is 1.59. The average Bonchev–Trinajstić information content (AvgIpc) is 2.39. The number of ether oxygens (including phenoxy) is 1. The number of nitrogens with zero attached hydrogens (tertiary/aromatic N) is 1. The molecular weight excluding hydrogens is 251 g/mol. The number of halogens is 1. The molecule has 5 heteroatoms. The molecule has 94 valence electrons. The van der Waals surface area contributed by atoms with Crippen LogP contribution in [0.1, 0.15) is 5.56 Å². The number of benzene rings is 1. The summed E-state index contributed by atoms with van der Waals surface area (Å²) in [5.74, 6) is 0.446. The second-order valence-electron chi connectivity index (χ2n) is 3.65. The maximum atomic E-state index is 13.9. The van der Waals surface area contributed by atoms with Crippen molar-refractivity contribution in [1.29, 1.82) is 0 Å². The molecule has 0 aliphatic rings. The van der Waals surface area contributed by atoms with Crippen molar-refractivity contribution in [3.63, 3.8) is 0 Å². The topological polar surface area (TPSA) is 48.1 Å². The van der Waals surface area contributed by atoms with E-state index in [4.69, 9.17) is 10.5 Å². The minimum Gasteiger partial charge on any atom is -0.494 e. The first kappa shape index (κ1) is 12.7. The average molecular weight is 264 g/mol. The first-order valence-electron chi connectivity index (χ1n) is 5.36. The molecule has 0 spiro atoms. The van der Waals surface area contributed by atoms with Gasteiger partial charge in [-0.3, -0.25) is 0 Å². The van der Waals surface area contributed by atoms with Gasteiger partial charge in [-0.25, -0.2) is 9.37 Å². The van der Waals surface area contributed by atoms with Gasteiger partial charge in [0.15, 0.2) is 11.6 Å². The highest BCUT2D eigenvalue weighted by Crippen LogP contribution is 2.26. The van der Waals surface area contributed by atoms with Crippen LogP contribution in [0.4, 0.5) is 10.1 Å². The summed E-state index contributed by atoms with van der Waals surface area (Å²) in [6.45, 7) is 0. The molecule has 1 heterocycles. The monoisotopic (exact) mass is 264 g/mol. The molecule has 0 fully saturated rings. The van der Waals surface area contributed by atoms with E-state index in [0.717, 1.165) is 5.03 Å². The van der Waals surface area contributed by atoms with E-state index in [9.17, 15) is 4.39 Å². The lowest BCUT2D eigenvalue weighted by atomic mass is 10.2. The first-order chi connectivity index (χ1) is 8.70. The molecule has 0 unspecified atom stereocenters. The fourth-order valence-corrected chi connectivity index (χ4v) is 2.27. The van der Waals surface area contributed by atoms with E-state index in [2.05, 4.69) is 4.98 Å². The first-order valence-corrected chi connectivity index (χ1v) is 6.35. The molecule has 2 N–H and O–H groups in total. The van der Waals surface area contributed by atoms with Crippen molar-refractivity contribution in [2.24, 2.45) is 0 Å². The van der Waals surface area contributed by atoms with E-state index in [1.807, 2.05) is 6.07 Å². The van der Waals surface area contributed by atoms with Crippen LogP contribution in [0, 0.1) is 5.82 Å². The molecule has 1 aromatic carbocycles. The van der Waals surface area contributed by atoms with Crippen molar-refractivity contribution in [3.8, 4) is 5.75 Å². The smallest absolute Gasteiger partial charge is 0.169 e. The van der Waals surface area contributed by atoms with Gasteiger partial charge in [-0.15, -0.1) is 11.8 Å². The Hall–Kier alpha value is -1.75. The van der Waals surface area contributed by atoms with Gasteiger partial charge in [0, 0.05) is 11.3 Å². The number of aromatic nitrogens is 1. The van der Waals surface area contributed by atoms with Gasteiger partial charge in [0.25, 0.3) is 0 Å². The number of rotatable bonds is 4. The van der Waals surface area contributed by atoms with E-state index in [-0.39, 0.29) is 11.6 Å². The molecule has 2 aromatic rings. The number of hydrogen-bond acceptors (Lipinski definition) is 4. The number of anilines is 1.